The third kappa shape index (κ3) is 2.58. The number of ether oxygens (including phenoxy) is 4. The van der Waals surface area contributed by atoms with Gasteiger partial charge in [-0.3, -0.25) is 19.2 Å². The van der Waals surface area contributed by atoms with Crippen LogP contribution in [-0.2, 0) is 38.1 Å². The lowest BCUT2D eigenvalue weighted by atomic mass is 9.37. The van der Waals surface area contributed by atoms with Crippen LogP contribution in [0.4, 0.5) is 0 Å². The molecule has 30 heavy (non-hydrogen) atoms. The normalized spacial score (nSPS) is 32.3. The molecule has 0 N–H and O–H groups in total. The van der Waals surface area contributed by atoms with Crippen molar-refractivity contribution in [3.05, 3.63) is 22.3 Å². The summed E-state index contributed by atoms with van der Waals surface area (Å²) in [6.07, 6.45) is 0.857. The summed E-state index contributed by atoms with van der Waals surface area (Å²) in [5, 5.41) is 0. The largest absolute Gasteiger partial charge is 0.469 e. The predicted octanol–water partition coefficient (Wildman–Crippen LogP) is 2.12. The van der Waals surface area contributed by atoms with Gasteiger partial charge in [-0.05, 0) is 50.7 Å². The zero-order valence-corrected chi connectivity index (χ0v) is 18.2. The van der Waals surface area contributed by atoms with Gasteiger partial charge in [0.2, 0.25) is 0 Å². The van der Waals surface area contributed by atoms with Crippen LogP contribution in [0, 0.1) is 22.7 Å². The Morgan fingerprint density at radius 2 is 1.00 bits per heavy atom. The standard InChI is InChI=1S/C22H28O8/c1-11-9-21(19(25)29-5)15-7-13(17(23)27-3)14(18(24)28-4)8-16(15)22(21,10-12(11)2)20(26)30-6/h13-14H,7-10H2,1-6H3/t13-,14+,21+,22-. The molecule has 0 bridgehead atoms. The molecular formula is C22H28O8. The average molecular weight is 420 g/mol. The van der Waals surface area contributed by atoms with Crippen LogP contribution in [0.3, 0.4) is 0 Å². The van der Waals surface area contributed by atoms with Crippen molar-refractivity contribution < 1.29 is 38.1 Å². The zero-order valence-electron chi connectivity index (χ0n) is 18.2. The second-order valence-electron chi connectivity index (χ2n) is 8.33. The van der Waals surface area contributed by atoms with E-state index in [1.165, 1.54) is 28.4 Å². The highest BCUT2D eigenvalue weighted by molar-refractivity contribution is 6.00. The number of methoxy groups -OCH3 is 4. The molecule has 4 atom stereocenters. The maximum atomic E-state index is 13.2. The second kappa shape index (κ2) is 7.56. The van der Waals surface area contributed by atoms with Crippen molar-refractivity contribution in [2.75, 3.05) is 28.4 Å². The molecule has 8 heteroatoms. The van der Waals surface area contributed by atoms with E-state index in [1.54, 1.807) is 0 Å². The average Bonchev–Trinajstić information content (AvgIpc) is 2.76. The third-order valence-corrected chi connectivity index (χ3v) is 7.32. The first-order valence-electron chi connectivity index (χ1n) is 9.86. The lowest BCUT2D eigenvalue weighted by Gasteiger charge is -2.62. The van der Waals surface area contributed by atoms with Crippen molar-refractivity contribution in [1.82, 2.24) is 0 Å². The summed E-state index contributed by atoms with van der Waals surface area (Å²) in [7, 11) is 5.09. The van der Waals surface area contributed by atoms with E-state index >= 15 is 0 Å². The predicted molar refractivity (Wildman–Crippen MR) is 104 cm³/mol. The first-order chi connectivity index (χ1) is 14.2. The van der Waals surface area contributed by atoms with Crippen molar-refractivity contribution >= 4 is 23.9 Å². The maximum absolute atomic E-state index is 13.2. The van der Waals surface area contributed by atoms with E-state index in [0.29, 0.717) is 24.0 Å². The van der Waals surface area contributed by atoms with E-state index in [1.807, 2.05) is 13.8 Å². The minimum atomic E-state index is -1.25. The number of carbonyl (C=O) groups is 4. The summed E-state index contributed by atoms with van der Waals surface area (Å²) in [5.74, 6) is -3.76. The fourth-order valence-corrected chi connectivity index (χ4v) is 5.79. The lowest BCUT2D eigenvalue weighted by Crippen LogP contribution is -2.66. The molecule has 0 amide bonds. The van der Waals surface area contributed by atoms with Gasteiger partial charge in [-0.2, -0.15) is 0 Å². The molecule has 3 aliphatic rings. The molecule has 0 aliphatic heterocycles. The van der Waals surface area contributed by atoms with E-state index in [0.717, 1.165) is 11.1 Å². The van der Waals surface area contributed by atoms with E-state index in [9.17, 15) is 19.2 Å². The fourth-order valence-electron chi connectivity index (χ4n) is 5.79. The molecule has 164 valence electrons. The van der Waals surface area contributed by atoms with Gasteiger partial charge in [-0.25, -0.2) is 0 Å². The van der Waals surface area contributed by atoms with Crippen LogP contribution in [-0.4, -0.2) is 52.3 Å². The van der Waals surface area contributed by atoms with Crippen molar-refractivity contribution in [3.63, 3.8) is 0 Å². The van der Waals surface area contributed by atoms with Gasteiger partial charge in [-0.15, -0.1) is 0 Å². The van der Waals surface area contributed by atoms with Crippen LogP contribution in [0.5, 0.6) is 0 Å². The van der Waals surface area contributed by atoms with E-state index in [4.69, 9.17) is 18.9 Å². The number of hydrogen-bond acceptors (Lipinski definition) is 8. The van der Waals surface area contributed by atoms with Gasteiger partial charge in [0.15, 0.2) is 0 Å². The van der Waals surface area contributed by atoms with Crippen molar-refractivity contribution in [3.8, 4) is 0 Å². The molecule has 0 fully saturated rings. The summed E-state index contributed by atoms with van der Waals surface area (Å²) < 4.78 is 20.2. The highest BCUT2D eigenvalue weighted by atomic mass is 16.5. The van der Waals surface area contributed by atoms with Crippen LogP contribution >= 0.6 is 0 Å². The lowest BCUT2D eigenvalue weighted by molar-refractivity contribution is -0.180. The summed E-state index contributed by atoms with van der Waals surface area (Å²) in [6, 6.07) is 0. The number of fused-ring (bicyclic) bond motifs is 3. The fraction of sp³-hybridized carbons (Fsp3) is 0.636. The Morgan fingerprint density at radius 1 is 0.667 bits per heavy atom. The van der Waals surface area contributed by atoms with Crippen LogP contribution in [0.15, 0.2) is 22.3 Å². The van der Waals surface area contributed by atoms with E-state index in [2.05, 4.69) is 0 Å². The molecule has 0 heterocycles. The minimum absolute atomic E-state index is 0.127. The summed E-state index contributed by atoms with van der Waals surface area (Å²) in [6.45, 7) is 3.86. The molecule has 0 saturated carbocycles. The van der Waals surface area contributed by atoms with Gasteiger partial charge in [0.25, 0.3) is 0 Å². The smallest absolute Gasteiger partial charge is 0.317 e. The Kier molecular flexibility index (Phi) is 5.56. The molecule has 3 aliphatic carbocycles. The second-order valence-corrected chi connectivity index (χ2v) is 8.33. The van der Waals surface area contributed by atoms with Crippen molar-refractivity contribution in [1.29, 1.82) is 0 Å². The molecule has 0 unspecified atom stereocenters. The maximum Gasteiger partial charge on any atom is 0.317 e. The van der Waals surface area contributed by atoms with Gasteiger partial charge < -0.3 is 18.9 Å². The molecule has 0 radical (unpaired) electrons. The molecule has 0 saturated heterocycles. The minimum Gasteiger partial charge on any atom is -0.469 e. The molecule has 0 aromatic carbocycles. The molecule has 8 nitrogen and oxygen atoms in total. The van der Waals surface area contributed by atoms with Gasteiger partial charge in [0.1, 0.15) is 10.8 Å². The van der Waals surface area contributed by atoms with Crippen LogP contribution in [0.1, 0.15) is 39.5 Å². The first-order valence-corrected chi connectivity index (χ1v) is 9.86. The monoisotopic (exact) mass is 420 g/mol. The Morgan fingerprint density at radius 3 is 1.27 bits per heavy atom. The first kappa shape index (κ1) is 22.1. The van der Waals surface area contributed by atoms with Gasteiger partial charge in [0.05, 0.1) is 40.3 Å². The molecule has 0 spiro atoms. The number of esters is 4. The molecule has 0 aromatic heterocycles. The number of carbonyl (C=O) groups excluding carboxylic acids is 4. The Hall–Kier alpha value is -2.64. The van der Waals surface area contributed by atoms with Crippen molar-refractivity contribution in [2.45, 2.75) is 39.5 Å². The van der Waals surface area contributed by atoms with Crippen LogP contribution < -0.4 is 0 Å². The van der Waals surface area contributed by atoms with Gasteiger partial charge in [-0.1, -0.05) is 11.1 Å². The van der Waals surface area contributed by atoms with Gasteiger partial charge >= 0.3 is 23.9 Å². The third-order valence-electron chi connectivity index (χ3n) is 7.32. The Balaban J connectivity index is 2.25. The summed E-state index contributed by atoms with van der Waals surface area (Å²) >= 11 is 0. The van der Waals surface area contributed by atoms with Crippen LogP contribution in [0.2, 0.25) is 0 Å². The van der Waals surface area contributed by atoms with Crippen LogP contribution in [0.25, 0.3) is 0 Å². The number of rotatable bonds is 4. The SMILES string of the molecule is COC(=O)[C@H]1CC2=C(C[C@H]1C(=O)OC)[C@]1(C(=O)OC)CC(C)=C(C)C[C@]21C(=O)OC. The summed E-state index contributed by atoms with van der Waals surface area (Å²) in [5.41, 5.74) is 0.860. The highest BCUT2D eigenvalue weighted by Crippen LogP contribution is 2.73. The highest BCUT2D eigenvalue weighted by Gasteiger charge is 2.75. The number of allylic oxidation sites excluding steroid dienone is 2. The zero-order chi connectivity index (χ0) is 22.4. The Labute approximate surface area is 175 Å². The summed E-state index contributed by atoms with van der Waals surface area (Å²) in [4.78, 5) is 51.4. The van der Waals surface area contributed by atoms with E-state index in [-0.39, 0.29) is 12.8 Å². The molecule has 3 rings (SSSR count). The number of hydrogen-bond donors (Lipinski definition) is 0. The molecular weight excluding hydrogens is 392 g/mol. The van der Waals surface area contributed by atoms with E-state index < -0.39 is 46.5 Å². The van der Waals surface area contributed by atoms with Crippen molar-refractivity contribution in [2.24, 2.45) is 22.7 Å². The Bertz CT molecular complexity index is 812. The molecule has 0 aromatic rings. The van der Waals surface area contributed by atoms with Gasteiger partial charge in [0, 0.05) is 0 Å². The topological polar surface area (TPSA) is 105 Å². The quantitative estimate of drug-likeness (QED) is 0.387.